The third-order valence-corrected chi connectivity index (χ3v) is 6.50. The average molecular weight is 410 g/mol. The van der Waals surface area contributed by atoms with Crippen LogP contribution < -0.4 is 10.6 Å². The van der Waals surface area contributed by atoms with Crippen molar-refractivity contribution in [3.05, 3.63) is 59.7 Å². The number of carbonyl (C=O) groups is 2. The Morgan fingerprint density at radius 2 is 1.76 bits per heavy atom. The molecule has 5 nitrogen and oxygen atoms in total. The fourth-order valence-electron chi connectivity index (χ4n) is 3.60. The summed E-state index contributed by atoms with van der Waals surface area (Å²) in [4.78, 5) is 27.1. The lowest BCUT2D eigenvalue weighted by Crippen LogP contribution is -2.31. The molecule has 0 spiro atoms. The van der Waals surface area contributed by atoms with Crippen molar-refractivity contribution in [1.82, 2.24) is 4.90 Å². The van der Waals surface area contributed by atoms with Crippen LogP contribution in [0.3, 0.4) is 0 Å². The lowest BCUT2D eigenvalue weighted by Gasteiger charge is -2.26. The van der Waals surface area contributed by atoms with Crippen molar-refractivity contribution in [3.63, 3.8) is 0 Å². The van der Waals surface area contributed by atoms with Crippen LogP contribution in [0.25, 0.3) is 0 Å². The first kappa shape index (κ1) is 20.0. The number of hydrogen-bond acceptors (Lipinski definition) is 4. The number of carbonyl (C=O) groups excluding carboxylic acids is 2. The average Bonchev–Trinajstić information content (AvgIpc) is 3.46. The molecular formula is C23H27N3O2S. The number of anilines is 2. The van der Waals surface area contributed by atoms with Gasteiger partial charge in [-0.25, -0.2) is 0 Å². The van der Waals surface area contributed by atoms with Crippen LogP contribution in [0.2, 0.25) is 0 Å². The molecule has 2 N–H and O–H groups in total. The van der Waals surface area contributed by atoms with Crippen molar-refractivity contribution in [2.24, 2.45) is 11.8 Å². The number of nitrogens with one attached hydrogen (secondary N) is 2. The molecule has 1 heterocycles. The Morgan fingerprint density at radius 3 is 2.45 bits per heavy atom. The molecule has 2 amide bonds. The lowest BCUT2D eigenvalue weighted by atomic mass is 10.1. The summed E-state index contributed by atoms with van der Waals surface area (Å²) in [5, 5.41) is 5.90. The maximum absolute atomic E-state index is 12.6. The third-order valence-electron chi connectivity index (χ3n) is 5.56. The van der Waals surface area contributed by atoms with E-state index in [1.165, 1.54) is 17.1 Å². The van der Waals surface area contributed by atoms with Gasteiger partial charge in [0.05, 0.1) is 0 Å². The van der Waals surface area contributed by atoms with Gasteiger partial charge in [-0.3, -0.25) is 14.5 Å². The minimum absolute atomic E-state index is 0.0683. The minimum atomic E-state index is -0.148. The molecule has 0 bridgehead atoms. The van der Waals surface area contributed by atoms with E-state index in [1.54, 1.807) is 24.3 Å². The molecule has 4 rings (SSSR count). The van der Waals surface area contributed by atoms with Gasteiger partial charge < -0.3 is 10.6 Å². The first-order valence-corrected chi connectivity index (χ1v) is 11.4. The second kappa shape index (κ2) is 9.01. The van der Waals surface area contributed by atoms with Gasteiger partial charge in [0.1, 0.15) is 0 Å². The Kier molecular flexibility index (Phi) is 6.21. The summed E-state index contributed by atoms with van der Waals surface area (Å²) in [7, 11) is 0. The number of amides is 2. The van der Waals surface area contributed by atoms with Crippen LogP contribution >= 0.6 is 11.8 Å². The first-order chi connectivity index (χ1) is 14.1. The van der Waals surface area contributed by atoms with Crippen molar-refractivity contribution in [2.45, 2.75) is 19.9 Å². The smallest absolute Gasteiger partial charge is 0.255 e. The summed E-state index contributed by atoms with van der Waals surface area (Å²) < 4.78 is 0. The quantitative estimate of drug-likeness (QED) is 0.755. The normalized spacial score (nSPS) is 21.4. The molecular weight excluding hydrogens is 382 g/mol. The Hall–Kier alpha value is -2.31. The van der Waals surface area contributed by atoms with E-state index in [1.807, 2.05) is 30.0 Å². The van der Waals surface area contributed by atoms with E-state index in [-0.39, 0.29) is 17.7 Å². The van der Waals surface area contributed by atoms with Crippen LogP contribution in [0, 0.1) is 11.8 Å². The highest BCUT2D eigenvalue weighted by Gasteiger charge is 2.39. The van der Waals surface area contributed by atoms with E-state index in [0.717, 1.165) is 37.4 Å². The Balaban J connectivity index is 1.33. The molecule has 2 atom stereocenters. The van der Waals surface area contributed by atoms with Gasteiger partial charge >= 0.3 is 0 Å². The minimum Gasteiger partial charge on any atom is -0.326 e. The van der Waals surface area contributed by atoms with E-state index in [4.69, 9.17) is 0 Å². The van der Waals surface area contributed by atoms with E-state index in [9.17, 15) is 9.59 Å². The van der Waals surface area contributed by atoms with E-state index in [0.29, 0.717) is 11.5 Å². The van der Waals surface area contributed by atoms with E-state index < -0.39 is 0 Å². The summed E-state index contributed by atoms with van der Waals surface area (Å²) >= 11 is 2.01. The molecule has 2 aromatic rings. The summed E-state index contributed by atoms with van der Waals surface area (Å²) in [5.74, 6) is 2.90. The monoisotopic (exact) mass is 409 g/mol. The topological polar surface area (TPSA) is 61.4 Å². The zero-order chi connectivity index (χ0) is 20.2. The summed E-state index contributed by atoms with van der Waals surface area (Å²) in [6.45, 7) is 5.23. The Labute approximate surface area is 176 Å². The molecule has 1 aliphatic carbocycles. The Morgan fingerprint density at radius 1 is 1.03 bits per heavy atom. The molecule has 1 aliphatic heterocycles. The van der Waals surface area contributed by atoms with Crippen LogP contribution in [0.5, 0.6) is 0 Å². The van der Waals surface area contributed by atoms with Crippen LogP contribution in [0.4, 0.5) is 11.4 Å². The second-order valence-corrected chi connectivity index (χ2v) is 9.15. The van der Waals surface area contributed by atoms with Crippen molar-refractivity contribution in [3.8, 4) is 0 Å². The maximum atomic E-state index is 12.6. The molecule has 0 radical (unpaired) electrons. The van der Waals surface area contributed by atoms with Gasteiger partial charge in [-0.15, -0.1) is 0 Å². The highest BCUT2D eigenvalue weighted by molar-refractivity contribution is 7.99. The number of hydrogen-bond donors (Lipinski definition) is 2. The van der Waals surface area contributed by atoms with E-state index >= 15 is 0 Å². The molecule has 0 aromatic heterocycles. The standard InChI is InChI=1S/C23H27N3O2S/c1-16-13-21(16)23(28)24-19-7-5-18(6-8-19)22(27)25-20-4-2-3-17(14-20)15-26-9-11-29-12-10-26/h2-8,14,16,21H,9-13,15H2,1H3,(H,24,28)(H,25,27). The first-order valence-electron chi connectivity index (χ1n) is 10.2. The van der Waals surface area contributed by atoms with Gasteiger partial charge in [-0.1, -0.05) is 19.1 Å². The van der Waals surface area contributed by atoms with Crippen LogP contribution in [0.15, 0.2) is 48.5 Å². The SMILES string of the molecule is CC1CC1C(=O)Nc1ccc(C(=O)Nc2cccc(CN3CCSCC3)c2)cc1. The molecule has 1 saturated heterocycles. The molecule has 2 aliphatic rings. The zero-order valence-electron chi connectivity index (χ0n) is 16.7. The lowest BCUT2D eigenvalue weighted by molar-refractivity contribution is -0.117. The summed E-state index contributed by atoms with van der Waals surface area (Å²) in [6, 6.07) is 15.1. The third kappa shape index (κ3) is 5.40. The fraction of sp³-hybridized carbons (Fsp3) is 0.391. The highest BCUT2D eigenvalue weighted by Crippen LogP contribution is 2.38. The van der Waals surface area contributed by atoms with Crippen molar-refractivity contribution >= 4 is 35.0 Å². The number of thioether (sulfide) groups is 1. The number of nitrogens with zero attached hydrogens (tertiary/aromatic N) is 1. The molecule has 29 heavy (non-hydrogen) atoms. The van der Waals surface area contributed by atoms with Gasteiger partial charge in [0.25, 0.3) is 5.91 Å². The van der Waals surface area contributed by atoms with Crippen molar-refractivity contribution in [1.29, 1.82) is 0 Å². The summed E-state index contributed by atoms with van der Waals surface area (Å²) in [6.07, 6.45) is 0.960. The van der Waals surface area contributed by atoms with Gasteiger partial charge in [-0.05, 0) is 54.3 Å². The molecule has 1 saturated carbocycles. The second-order valence-electron chi connectivity index (χ2n) is 7.93. The molecule has 2 unspecified atom stereocenters. The number of benzene rings is 2. The van der Waals surface area contributed by atoms with Gasteiger partial charge in [0.15, 0.2) is 0 Å². The molecule has 2 aromatic carbocycles. The molecule has 2 fully saturated rings. The zero-order valence-corrected chi connectivity index (χ0v) is 17.5. The van der Waals surface area contributed by atoms with Gasteiger partial charge in [0.2, 0.25) is 5.91 Å². The van der Waals surface area contributed by atoms with Crippen molar-refractivity contribution < 1.29 is 9.59 Å². The predicted molar refractivity (Wildman–Crippen MR) is 119 cm³/mol. The highest BCUT2D eigenvalue weighted by atomic mass is 32.2. The summed E-state index contributed by atoms with van der Waals surface area (Å²) in [5.41, 5.74) is 3.31. The molecule has 152 valence electrons. The maximum Gasteiger partial charge on any atom is 0.255 e. The van der Waals surface area contributed by atoms with Gasteiger partial charge in [0, 0.05) is 54.0 Å². The Bertz CT molecular complexity index is 878. The largest absolute Gasteiger partial charge is 0.326 e. The predicted octanol–water partition coefficient (Wildman–Crippen LogP) is 4.08. The van der Waals surface area contributed by atoms with Crippen LogP contribution in [-0.2, 0) is 11.3 Å². The van der Waals surface area contributed by atoms with Gasteiger partial charge in [-0.2, -0.15) is 11.8 Å². The number of rotatable bonds is 6. The van der Waals surface area contributed by atoms with Crippen LogP contribution in [-0.4, -0.2) is 41.3 Å². The fourth-order valence-corrected chi connectivity index (χ4v) is 4.57. The van der Waals surface area contributed by atoms with E-state index in [2.05, 4.69) is 28.5 Å². The molecule has 6 heteroatoms. The van der Waals surface area contributed by atoms with Crippen molar-refractivity contribution in [2.75, 3.05) is 35.2 Å². The van der Waals surface area contributed by atoms with Crippen LogP contribution in [0.1, 0.15) is 29.3 Å².